The second-order valence-electron chi connectivity index (χ2n) is 6.61. The molecule has 0 spiro atoms. The molecule has 134 valence electrons. The van der Waals surface area contributed by atoms with Gasteiger partial charge < -0.3 is 9.84 Å². The summed E-state index contributed by atoms with van der Waals surface area (Å²) in [5, 5.41) is 7.41. The van der Waals surface area contributed by atoms with Crippen LogP contribution >= 0.6 is 0 Å². The van der Waals surface area contributed by atoms with E-state index in [2.05, 4.69) is 20.4 Å². The predicted molar refractivity (Wildman–Crippen MR) is 98.1 cm³/mol. The molecule has 1 aliphatic rings. The third-order valence-corrected chi connectivity index (χ3v) is 4.69. The topological polar surface area (TPSA) is 54.2 Å². The molecule has 0 amide bonds. The van der Waals surface area contributed by atoms with Gasteiger partial charge in [-0.15, -0.1) is 0 Å². The molecule has 26 heavy (non-hydrogen) atoms. The number of benzene rings is 2. The van der Waals surface area contributed by atoms with E-state index in [1.807, 2.05) is 42.5 Å². The van der Waals surface area contributed by atoms with E-state index in [4.69, 9.17) is 4.52 Å². The Labute approximate surface area is 151 Å². The number of nitrogens with zero attached hydrogens (tertiary/aromatic N) is 3. The summed E-state index contributed by atoms with van der Waals surface area (Å²) in [6.45, 7) is 2.82. The van der Waals surface area contributed by atoms with Crippen molar-refractivity contribution in [3.8, 4) is 11.5 Å². The average Bonchev–Trinajstić information content (AvgIpc) is 3.14. The molecule has 0 radical (unpaired) electrons. The number of anilines is 1. The lowest BCUT2D eigenvalue weighted by atomic mass is 10.0. The first kappa shape index (κ1) is 16.7. The number of hydrogen-bond acceptors (Lipinski definition) is 5. The Morgan fingerprint density at radius 1 is 1.04 bits per heavy atom. The zero-order valence-corrected chi connectivity index (χ0v) is 14.4. The number of nitrogens with one attached hydrogen (secondary N) is 1. The number of halogens is 1. The quantitative estimate of drug-likeness (QED) is 0.753. The highest BCUT2D eigenvalue weighted by atomic mass is 19.1. The summed E-state index contributed by atoms with van der Waals surface area (Å²) in [4.78, 5) is 6.82. The first-order valence-electron chi connectivity index (χ1n) is 8.89. The normalized spacial score (nSPS) is 15.9. The lowest BCUT2D eigenvalue weighted by Gasteiger charge is -2.32. The molecule has 1 aliphatic heterocycles. The molecule has 0 atom stereocenters. The number of likely N-dealkylation sites (tertiary alicyclic amines) is 1. The van der Waals surface area contributed by atoms with Crippen molar-refractivity contribution in [2.75, 3.05) is 18.4 Å². The Balaban J connectivity index is 1.29. The van der Waals surface area contributed by atoms with Crippen LogP contribution in [0.2, 0.25) is 0 Å². The van der Waals surface area contributed by atoms with Gasteiger partial charge in [-0.2, -0.15) is 4.98 Å². The molecule has 5 nitrogen and oxygen atoms in total. The van der Waals surface area contributed by atoms with Gasteiger partial charge in [0.15, 0.2) is 0 Å². The minimum atomic E-state index is -0.188. The van der Waals surface area contributed by atoms with Crippen LogP contribution in [0.15, 0.2) is 59.1 Å². The fraction of sp³-hybridized carbons (Fsp3) is 0.300. The molecule has 1 N–H and O–H groups in total. The van der Waals surface area contributed by atoms with Crippen molar-refractivity contribution in [2.45, 2.75) is 25.4 Å². The van der Waals surface area contributed by atoms with E-state index in [1.165, 1.54) is 12.1 Å². The molecule has 4 rings (SSSR count). The molecule has 0 aliphatic carbocycles. The van der Waals surface area contributed by atoms with Crippen molar-refractivity contribution in [1.29, 1.82) is 0 Å². The van der Waals surface area contributed by atoms with Crippen molar-refractivity contribution in [1.82, 2.24) is 15.0 Å². The van der Waals surface area contributed by atoms with E-state index >= 15 is 0 Å². The first-order chi connectivity index (χ1) is 12.8. The van der Waals surface area contributed by atoms with E-state index in [0.29, 0.717) is 17.9 Å². The molecule has 0 saturated carbocycles. The minimum absolute atomic E-state index is 0.188. The van der Waals surface area contributed by atoms with E-state index in [9.17, 15) is 4.39 Å². The highest BCUT2D eigenvalue weighted by molar-refractivity contribution is 5.53. The van der Waals surface area contributed by atoms with Gasteiger partial charge >= 0.3 is 0 Å². The van der Waals surface area contributed by atoms with Crippen LogP contribution in [-0.2, 0) is 6.54 Å². The fourth-order valence-corrected chi connectivity index (χ4v) is 3.25. The molecule has 1 fully saturated rings. The Morgan fingerprint density at radius 3 is 2.50 bits per heavy atom. The van der Waals surface area contributed by atoms with Crippen LogP contribution in [0.1, 0.15) is 18.4 Å². The summed E-state index contributed by atoms with van der Waals surface area (Å²) < 4.78 is 18.3. The van der Waals surface area contributed by atoms with Crippen LogP contribution < -0.4 is 5.32 Å². The Kier molecular flexibility index (Phi) is 4.93. The molecular weight excluding hydrogens is 331 g/mol. The summed E-state index contributed by atoms with van der Waals surface area (Å²) in [7, 11) is 0. The van der Waals surface area contributed by atoms with Crippen molar-refractivity contribution >= 4 is 5.95 Å². The minimum Gasteiger partial charge on any atom is -0.349 e. The molecule has 2 aromatic carbocycles. The largest absolute Gasteiger partial charge is 0.349 e. The molecule has 6 heteroatoms. The maximum Gasteiger partial charge on any atom is 0.263 e. The van der Waals surface area contributed by atoms with Crippen LogP contribution in [0, 0.1) is 5.82 Å². The van der Waals surface area contributed by atoms with Crippen LogP contribution in [0.25, 0.3) is 11.5 Å². The SMILES string of the molecule is Fc1ccc(CN2CCC(Nc3noc(-c4ccccc4)n3)CC2)cc1. The predicted octanol–water partition coefficient (Wildman–Crippen LogP) is 3.95. The number of aromatic nitrogens is 2. The summed E-state index contributed by atoms with van der Waals surface area (Å²) in [6.07, 6.45) is 2.02. The van der Waals surface area contributed by atoms with E-state index < -0.39 is 0 Å². The number of rotatable bonds is 5. The summed E-state index contributed by atoms with van der Waals surface area (Å²) in [6, 6.07) is 16.8. The second kappa shape index (κ2) is 7.66. The Morgan fingerprint density at radius 2 is 1.77 bits per heavy atom. The Hall–Kier alpha value is -2.73. The van der Waals surface area contributed by atoms with Crippen molar-refractivity contribution < 1.29 is 8.91 Å². The summed E-state index contributed by atoms with van der Waals surface area (Å²) in [5.41, 5.74) is 2.06. The van der Waals surface area contributed by atoms with Gasteiger partial charge in [-0.1, -0.05) is 30.3 Å². The van der Waals surface area contributed by atoms with Gasteiger partial charge in [-0.3, -0.25) is 4.90 Å². The smallest absolute Gasteiger partial charge is 0.263 e. The molecular formula is C20H21FN4O. The van der Waals surface area contributed by atoms with Crippen LogP contribution in [0.5, 0.6) is 0 Å². The van der Waals surface area contributed by atoms with Crippen molar-refractivity contribution in [3.05, 3.63) is 66.0 Å². The third-order valence-electron chi connectivity index (χ3n) is 4.69. The van der Waals surface area contributed by atoms with Gasteiger partial charge in [0, 0.05) is 31.2 Å². The van der Waals surface area contributed by atoms with E-state index in [0.717, 1.165) is 43.6 Å². The third kappa shape index (κ3) is 4.08. The molecule has 1 saturated heterocycles. The van der Waals surface area contributed by atoms with Crippen LogP contribution in [0.3, 0.4) is 0 Å². The molecule has 0 unspecified atom stereocenters. The summed E-state index contributed by atoms with van der Waals surface area (Å²) >= 11 is 0. The van der Waals surface area contributed by atoms with Gasteiger partial charge in [0.05, 0.1) is 0 Å². The number of piperidine rings is 1. The fourth-order valence-electron chi connectivity index (χ4n) is 3.25. The molecule has 3 aromatic rings. The zero-order valence-electron chi connectivity index (χ0n) is 14.4. The summed E-state index contributed by atoms with van der Waals surface area (Å²) in [5.74, 6) is 0.884. The monoisotopic (exact) mass is 352 g/mol. The van der Waals surface area contributed by atoms with Gasteiger partial charge in [0.2, 0.25) is 0 Å². The first-order valence-corrected chi connectivity index (χ1v) is 8.89. The van der Waals surface area contributed by atoms with Crippen LogP contribution in [0.4, 0.5) is 10.3 Å². The van der Waals surface area contributed by atoms with E-state index in [-0.39, 0.29) is 5.82 Å². The van der Waals surface area contributed by atoms with Gasteiger partial charge in [0.25, 0.3) is 11.8 Å². The molecule has 2 heterocycles. The Bertz CT molecular complexity index is 827. The van der Waals surface area contributed by atoms with E-state index in [1.54, 1.807) is 0 Å². The van der Waals surface area contributed by atoms with Gasteiger partial charge in [0.1, 0.15) is 5.82 Å². The second-order valence-corrected chi connectivity index (χ2v) is 6.61. The van der Waals surface area contributed by atoms with Gasteiger partial charge in [-0.25, -0.2) is 4.39 Å². The lowest BCUT2D eigenvalue weighted by molar-refractivity contribution is 0.211. The van der Waals surface area contributed by atoms with Crippen molar-refractivity contribution in [3.63, 3.8) is 0 Å². The molecule has 1 aromatic heterocycles. The standard InChI is InChI=1S/C20H21FN4O/c21-17-8-6-15(7-9-17)14-25-12-10-18(11-13-25)22-20-23-19(26-24-20)16-4-2-1-3-5-16/h1-9,18H,10-14H2,(H,22,24). The number of hydrogen-bond donors (Lipinski definition) is 1. The molecule has 0 bridgehead atoms. The highest BCUT2D eigenvalue weighted by Crippen LogP contribution is 2.20. The van der Waals surface area contributed by atoms with Crippen molar-refractivity contribution in [2.24, 2.45) is 0 Å². The van der Waals surface area contributed by atoms with Crippen LogP contribution in [-0.4, -0.2) is 34.2 Å². The maximum absolute atomic E-state index is 13.0. The average molecular weight is 352 g/mol. The van der Waals surface area contributed by atoms with Gasteiger partial charge in [-0.05, 0) is 47.8 Å². The maximum atomic E-state index is 13.0. The lowest BCUT2D eigenvalue weighted by Crippen LogP contribution is -2.38. The highest BCUT2D eigenvalue weighted by Gasteiger charge is 2.21. The zero-order chi connectivity index (χ0) is 17.8.